The largest absolute Gasteiger partial charge is 0.573 e. The van der Waals surface area contributed by atoms with E-state index >= 15 is 0 Å². The van der Waals surface area contributed by atoms with Gasteiger partial charge in [-0.15, -0.1) is 13.2 Å². The summed E-state index contributed by atoms with van der Waals surface area (Å²) in [6, 6.07) is 11.7. The van der Waals surface area contributed by atoms with E-state index in [0.29, 0.717) is 29.8 Å². The summed E-state index contributed by atoms with van der Waals surface area (Å²) in [7, 11) is 1.61. The zero-order valence-electron chi connectivity index (χ0n) is 22.1. The number of anilines is 2. The molecule has 0 unspecified atom stereocenters. The maximum Gasteiger partial charge on any atom is 0.573 e. The van der Waals surface area contributed by atoms with Gasteiger partial charge < -0.3 is 29.9 Å². The molecule has 1 heterocycles. The van der Waals surface area contributed by atoms with Gasteiger partial charge in [0.1, 0.15) is 22.9 Å². The number of carbonyl (C=O) groups is 3. The number of halogens is 3. The first-order valence-corrected chi connectivity index (χ1v) is 12.4. The van der Waals surface area contributed by atoms with Crippen molar-refractivity contribution >= 4 is 29.3 Å². The van der Waals surface area contributed by atoms with Gasteiger partial charge in [-0.1, -0.05) is 24.3 Å². The molecule has 1 fully saturated rings. The maximum atomic E-state index is 13.4. The molecule has 2 aromatic carbocycles. The number of hydrogen-bond acceptors (Lipinski definition) is 6. The van der Waals surface area contributed by atoms with Crippen LogP contribution in [0.3, 0.4) is 0 Å². The summed E-state index contributed by atoms with van der Waals surface area (Å²) >= 11 is 0. The third-order valence-electron chi connectivity index (χ3n) is 6.38. The molecule has 1 aliphatic carbocycles. The molecule has 2 aromatic rings. The van der Waals surface area contributed by atoms with Gasteiger partial charge in [-0.3, -0.25) is 9.59 Å². The Morgan fingerprint density at radius 2 is 1.64 bits per heavy atom. The number of hydrogen-bond donors (Lipinski definition) is 2. The van der Waals surface area contributed by atoms with Gasteiger partial charge in [0.15, 0.2) is 0 Å². The van der Waals surface area contributed by atoms with Crippen LogP contribution >= 0.6 is 0 Å². The molecule has 1 saturated carbocycles. The van der Waals surface area contributed by atoms with E-state index < -0.39 is 35.5 Å². The minimum atomic E-state index is -4.79. The van der Waals surface area contributed by atoms with E-state index in [1.165, 1.54) is 29.2 Å². The molecule has 210 valence electrons. The summed E-state index contributed by atoms with van der Waals surface area (Å²) in [6.07, 6.45) is -4.69. The lowest BCUT2D eigenvalue weighted by molar-refractivity contribution is -0.274. The van der Waals surface area contributed by atoms with Crippen molar-refractivity contribution in [2.24, 2.45) is 0 Å². The van der Waals surface area contributed by atoms with Crippen molar-refractivity contribution in [3.8, 4) is 5.75 Å². The molecule has 0 bridgehead atoms. The van der Waals surface area contributed by atoms with Crippen molar-refractivity contribution in [1.82, 2.24) is 10.6 Å². The monoisotopic (exact) mass is 548 g/mol. The van der Waals surface area contributed by atoms with Gasteiger partial charge >= 0.3 is 12.5 Å². The Morgan fingerprint density at radius 1 is 1.03 bits per heavy atom. The molecular weight excluding hydrogens is 517 g/mol. The van der Waals surface area contributed by atoms with Crippen LogP contribution in [0.1, 0.15) is 39.2 Å². The van der Waals surface area contributed by atoms with Crippen molar-refractivity contribution in [3.05, 3.63) is 54.1 Å². The number of para-hydroxylation sites is 2. The highest BCUT2D eigenvalue weighted by molar-refractivity contribution is 6.04. The van der Waals surface area contributed by atoms with Crippen LogP contribution in [-0.4, -0.2) is 55.0 Å². The zero-order chi connectivity index (χ0) is 28.6. The summed E-state index contributed by atoms with van der Waals surface area (Å²) in [5, 5.41) is 5.45. The summed E-state index contributed by atoms with van der Waals surface area (Å²) in [5.74, 6) is -1.17. The Balaban J connectivity index is 1.53. The van der Waals surface area contributed by atoms with Crippen molar-refractivity contribution in [1.29, 1.82) is 0 Å². The van der Waals surface area contributed by atoms with Gasteiger partial charge in [-0.25, -0.2) is 4.79 Å². The van der Waals surface area contributed by atoms with Crippen LogP contribution in [0.5, 0.6) is 5.75 Å². The van der Waals surface area contributed by atoms with Crippen LogP contribution in [0.2, 0.25) is 0 Å². The number of fused-ring (bicyclic) bond motifs is 1. The van der Waals surface area contributed by atoms with Crippen LogP contribution < -0.4 is 25.2 Å². The molecule has 4 rings (SSSR count). The van der Waals surface area contributed by atoms with E-state index in [4.69, 9.17) is 4.74 Å². The van der Waals surface area contributed by atoms with Crippen LogP contribution in [0, 0.1) is 0 Å². The van der Waals surface area contributed by atoms with Gasteiger partial charge in [0.05, 0.1) is 11.4 Å². The van der Waals surface area contributed by atoms with E-state index in [1.54, 1.807) is 40.0 Å². The number of likely N-dealkylation sites (N-methyl/N-ethyl adjacent to an activating group) is 1. The van der Waals surface area contributed by atoms with Gasteiger partial charge in [-0.2, -0.15) is 0 Å². The predicted octanol–water partition coefficient (Wildman–Crippen LogP) is 4.11. The molecular formula is C27H31F3N4O5. The Kier molecular flexibility index (Phi) is 7.42. The SMILES string of the molecule is CN1C(=O)[C@H](NC(=O)C2(NC(=O)OC(C)(C)C)CC2)CN(Cc2ccc(OC(F)(F)F)cc2)c2ccccc21. The standard InChI is InChI=1S/C27H31F3N4O5/c1-25(2,3)39-24(37)32-26(13-14-26)23(36)31-19-16-34(21-8-6-5-7-20(21)33(4)22(19)35)15-17-9-11-18(12-10-17)38-27(28,29)30/h5-12,19H,13-16H2,1-4H3,(H,31,36)(H,32,37)/t19-/m1/s1. The Labute approximate surface area is 224 Å². The number of benzene rings is 2. The number of ether oxygens (including phenoxy) is 2. The minimum Gasteiger partial charge on any atom is -0.444 e. The molecule has 0 aromatic heterocycles. The topological polar surface area (TPSA) is 100 Å². The summed E-state index contributed by atoms with van der Waals surface area (Å²) in [4.78, 5) is 42.4. The first-order valence-electron chi connectivity index (χ1n) is 12.4. The third-order valence-corrected chi connectivity index (χ3v) is 6.38. The van der Waals surface area contributed by atoms with E-state index in [1.807, 2.05) is 17.0 Å². The molecule has 1 atom stereocenters. The van der Waals surface area contributed by atoms with Gasteiger partial charge in [0.25, 0.3) is 5.91 Å². The fourth-order valence-corrected chi connectivity index (χ4v) is 4.37. The van der Waals surface area contributed by atoms with E-state index in [2.05, 4.69) is 15.4 Å². The molecule has 0 radical (unpaired) electrons. The van der Waals surface area contributed by atoms with Gasteiger partial charge in [0, 0.05) is 20.1 Å². The average molecular weight is 549 g/mol. The number of rotatable bonds is 6. The van der Waals surface area contributed by atoms with Gasteiger partial charge in [0.2, 0.25) is 5.91 Å². The van der Waals surface area contributed by atoms with Crippen molar-refractivity contribution in [3.63, 3.8) is 0 Å². The average Bonchev–Trinajstić information content (AvgIpc) is 3.62. The highest BCUT2D eigenvalue weighted by Crippen LogP contribution is 2.37. The van der Waals surface area contributed by atoms with Crippen molar-refractivity contribution < 1.29 is 37.0 Å². The van der Waals surface area contributed by atoms with Crippen molar-refractivity contribution in [2.75, 3.05) is 23.4 Å². The van der Waals surface area contributed by atoms with Crippen LogP contribution in [0.15, 0.2) is 48.5 Å². The second-order valence-corrected chi connectivity index (χ2v) is 10.7. The lowest BCUT2D eigenvalue weighted by Gasteiger charge is -2.28. The van der Waals surface area contributed by atoms with Crippen LogP contribution in [-0.2, 0) is 20.9 Å². The number of alkyl carbamates (subject to hydrolysis) is 1. The molecule has 39 heavy (non-hydrogen) atoms. The fourth-order valence-electron chi connectivity index (χ4n) is 4.37. The highest BCUT2D eigenvalue weighted by Gasteiger charge is 2.53. The maximum absolute atomic E-state index is 13.4. The lowest BCUT2D eigenvalue weighted by atomic mass is 10.1. The molecule has 2 N–H and O–H groups in total. The third kappa shape index (κ3) is 6.92. The molecule has 12 heteroatoms. The zero-order valence-corrected chi connectivity index (χ0v) is 22.1. The quantitative estimate of drug-likeness (QED) is 0.564. The Morgan fingerprint density at radius 3 is 2.21 bits per heavy atom. The molecule has 9 nitrogen and oxygen atoms in total. The smallest absolute Gasteiger partial charge is 0.444 e. The van der Waals surface area contributed by atoms with E-state index in [0.717, 1.165) is 0 Å². The first-order chi connectivity index (χ1) is 18.2. The highest BCUT2D eigenvalue weighted by atomic mass is 19.4. The fraction of sp³-hybridized carbons (Fsp3) is 0.444. The number of amides is 3. The second kappa shape index (κ2) is 10.3. The summed E-state index contributed by atoms with van der Waals surface area (Å²) < 4.78 is 46.9. The normalized spacial score (nSPS) is 18.5. The Hall–Kier alpha value is -3.96. The summed E-state index contributed by atoms with van der Waals surface area (Å²) in [5.41, 5.74) is 0.115. The first kappa shape index (κ1) is 28.1. The number of nitrogens with zero attached hydrogens (tertiary/aromatic N) is 2. The van der Waals surface area contributed by atoms with Crippen LogP contribution in [0.25, 0.3) is 0 Å². The number of carbonyl (C=O) groups excluding carboxylic acids is 3. The predicted molar refractivity (Wildman–Crippen MR) is 137 cm³/mol. The van der Waals surface area contributed by atoms with E-state index in [9.17, 15) is 27.6 Å². The Bertz CT molecular complexity index is 1240. The molecule has 2 aliphatic rings. The lowest BCUT2D eigenvalue weighted by Crippen LogP contribution is -2.57. The molecule has 0 spiro atoms. The van der Waals surface area contributed by atoms with Crippen molar-refractivity contribution in [2.45, 2.75) is 63.7 Å². The van der Waals surface area contributed by atoms with Crippen LogP contribution in [0.4, 0.5) is 29.3 Å². The molecule has 3 amide bonds. The van der Waals surface area contributed by atoms with Gasteiger partial charge in [-0.05, 0) is 63.4 Å². The van der Waals surface area contributed by atoms with E-state index in [-0.39, 0.29) is 24.7 Å². The molecule has 1 aliphatic heterocycles. The number of alkyl halides is 3. The number of nitrogens with one attached hydrogen (secondary N) is 2. The minimum absolute atomic E-state index is 0.0925. The second-order valence-electron chi connectivity index (χ2n) is 10.7. The molecule has 0 saturated heterocycles. The summed E-state index contributed by atoms with van der Waals surface area (Å²) in [6.45, 7) is 5.49.